The van der Waals surface area contributed by atoms with E-state index in [1.165, 1.54) is 0 Å². The van der Waals surface area contributed by atoms with Gasteiger partial charge in [0.25, 0.3) is 5.91 Å². The molecule has 5 nitrogen and oxygen atoms in total. The van der Waals surface area contributed by atoms with Gasteiger partial charge in [-0.2, -0.15) is 0 Å². The lowest BCUT2D eigenvalue weighted by Crippen LogP contribution is -2.29. The molecule has 0 fully saturated rings. The smallest absolute Gasteiger partial charge is 0.265 e. The summed E-state index contributed by atoms with van der Waals surface area (Å²) in [5.41, 5.74) is 2.58. The summed E-state index contributed by atoms with van der Waals surface area (Å²) in [6.07, 6.45) is 1.68. The predicted octanol–water partition coefficient (Wildman–Crippen LogP) is 2.36. The van der Waals surface area contributed by atoms with Crippen molar-refractivity contribution >= 4 is 17.7 Å². The van der Waals surface area contributed by atoms with Crippen LogP contribution >= 0.6 is 11.8 Å². The van der Waals surface area contributed by atoms with Crippen LogP contribution in [0.25, 0.3) is 0 Å². The highest BCUT2D eigenvalue weighted by molar-refractivity contribution is 7.99. The molecule has 3 N–H and O–H groups in total. The Morgan fingerprint density at radius 3 is 2.70 bits per heavy atom. The number of nitrogens with one attached hydrogen (secondary N) is 1. The highest BCUT2D eigenvalue weighted by Gasteiger charge is 2.04. The van der Waals surface area contributed by atoms with Gasteiger partial charge in [-0.15, -0.1) is 11.8 Å². The zero-order valence-corrected chi connectivity index (χ0v) is 11.9. The van der Waals surface area contributed by atoms with Crippen molar-refractivity contribution in [3.63, 3.8) is 0 Å². The maximum absolute atomic E-state index is 11.3. The lowest BCUT2D eigenvalue weighted by Gasteiger charge is -2.06. The lowest BCUT2D eigenvalue weighted by molar-refractivity contribution is 0.0953. The SMILES string of the molecule is Cc1occc1SCCOc1ccc(C(=O)NN)cc1. The van der Waals surface area contributed by atoms with Gasteiger partial charge in [-0.3, -0.25) is 10.2 Å². The minimum Gasteiger partial charge on any atom is -0.493 e. The molecule has 0 radical (unpaired) electrons. The number of amides is 1. The molecule has 0 spiro atoms. The summed E-state index contributed by atoms with van der Waals surface area (Å²) in [5, 5.41) is 0. The summed E-state index contributed by atoms with van der Waals surface area (Å²) in [4.78, 5) is 12.4. The maximum atomic E-state index is 11.3. The Balaban J connectivity index is 1.77. The number of carbonyl (C=O) groups is 1. The molecular weight excluding hydrogens is 276 g/mol. The van der Waals surface area contributed by atoms with E-state index in [1.807, 2.05) is 13.0 Å². The molecule has 0 unspecified atom stereocenters. The Hall–Kier alpha value is -1.92. The van der Waals surface area contributed by atoms with Crippen molar-refractivity contribution in [1.29, 1.82) is 0 Å². The molecule has 0 saturated heterocycles. The van der Waals surface area contributed by atoms with Gasteiger partial charge in [-0.1, -0.05) is 0 Å². The number of ether oxygens (including phenoxy) is 1. The molecule has 0 aliphatic carbocycles. The number of carbonyl (C=O) groups excluding carboxylic acids is 1. The minimum atomic E-state index is -0.317. The third-order valence-corrected chi connectivity index (χ3v) is 3.77. The fourth-order valence-electron chi connectivity index (χ4n) is 1.62. The van der Waals surface area contributed by atoms with Crippen LogP contribution in [0.5, 0.6) is 5.75 Å². The van der Waals surface area contributed by atoms with Crippen LogP contribution in [0.2, 0.25) is 0 Å². The second kappa shape index (κ2) is 7.02. The molecule has 0 bridgehead atoms. The molecule has 1 aromatic carbocycles. The van der Waals surface area contributed by atoms with E-state index in [0.29, 0.717) is 12.2 Å². The summed E-state index contributed by atoms with van der Waals surface area (Å²) >= 11 is 1.69. The Kier molecular flexibility index (Phi) is 5.09. The molecule has 1 heterocycles. The second-order valence-electron chi connectivity index (χ2n) is 4.04. The van der Waals surface area contributed by atoms with Crippen LogP contribution in [-0.4, -0.2) is 18.3 Å². The van der Waals surface area contributed by atoms with Crippen molar-refractivity contribution in [2.45, 2.75) is 11.8 Å². The van der Waals surface area contributed by atoms with E-state index in [2.05, 4.69) is 5.43 Å². The molecule has 0 aliphatic rings. The number of aryl methyl sites for hydroxylation is 1. The van der Waals surface area contributed by atoms with Crippen molar-refractivity contribution in [3.8, 4) is 5.75 Å². The molecule has 1 amide bonds. The van der Waals surface area contributed by atoms with E-state index in [4.69, 9.17) is 15.0 Å². The van der Waals surface area contributed by atoms with Crippen molar-refractivity contribution in [2.24, 2.45) is 5.84 Å². The van der Waals surface area contributed by atoms with Gasteiger partial charge < -0.3 is 9.15 Å². The van der Waals surface area contributed by atoms with E-state index >= 15 is 0 Å². The van der Waals surface area contributed by atoms with Crippen molar-refractivity contribution in [3.05, 3.63) is 47.9 Å². The van der Waals surface area contributed by atoms with Crippen LogP contribution in [0.15, 0.2) is 45.9 Å². The number of hydrogen-bond acceptors (Lipinski definition) is 5. The topological polar surface area (TPSA) is 77.5 Å². The van der Waals surface area contributed by atoms with E-state index in [9.17, 15) is 4.79 Å². The monoisotopic (exact) mass is 292 g/mol. The van der Waals surface area contributed by atoms with Gasteiger partial charge in [0.15, 0.2) is 0 Å². The van der Waals surface area contributed by atoms with Crippen molar-refractivity contribution < 1.29 is 13.9 Å². The zero-order chi connectivity index (χ0) is 14.4. The van der Waals surface area contributed by atoms with Crippen LogP contribution in [0.3, 0.4) is 0 Å². The van der Waals surface area contributed by atoms with Crippen LogP contribution in [0.1, 0.15) is 16.1 Å². The minimum absolute atomic E-state index is 0.317. The van der Waals surface area contributed by atoms with Crippen LogP contribution in [0.4, 0.5) is 0 Å². The first-order valence-electron chi connectivity index (χ1n) is 6.11. The molecule has 6 heteroatoms. The summed E-state index contributed by atoms with van der Waals surface area (Å²) < 4.78 is 10.8. The van der Waals surface area contributed by atoms with Crippen LogP contribution in [-0.2, 0) is 0 Å². The first-order valence-corrected chi connectivity index (χ1v) is 7.10. The number of hydrazine groups is 1. The van der Waals surface area contributed by atoms with Gasteiger partial charge in [0.05, 0.1) is 12.9 Å². The summed E-state index contributed by atoms with van der Waals surface area (Å²) in [5.74, 6) is 7.21. The standard InChI is InChI=1S/C14H16N2O3S/c1-10-13(6-7-18-10)20-9-8-19-12-4-2-11(3-5-12)14(17)16-15/h2-7H,8-9,15H2,1H3,(H,16,17). The third-order valence-electron chi connectivity index (χ3n) is 2.67. The fraction of sp³-hybridized carbons (Fsp3) is 0.214. The van der Waals surface area contributed by atoms with Gasteiger partial charge in [0, 0.05) is 16.2 Å². The maximum Gasteiger partial charge on any atom is 0.265 e. The van der Waals surface area contributed by atoms with Crippen molar-refractivity contribution in [2.75, 3.05) is 12.4 Å². The van der Waals surface area contributed by atoms with Gasteiger partial charge in [0.2, 0.25) is 0 Å². The number of thioether (sulfide) groups is 1. The first kappa shape index (κ1) is 14.5. The molecule has 1 aromatic heterocycles. The Morgan fingerprint density at radius 1 is 1.35 bits per heavy atom. The molecule has 0 atom stereocenters. The van der Waals surface area contributed by atoms with E-state index in [-0.39, 0.29) is 5.91 Å². The number of rotatable bonds is 6. The Bertz CT molecular complexity index is 566. The molecule has 2 rings (SSSR count). The second-order valence-corrected chi connectivity index (χ2v) is 5.17. The van der Waals surface area contributed by atoms with Gasteiger partial charge in [0.1, 0.15) is 11.5 Å². The van der Waals surface area contributed by atoms with E-state index in [0.717, 1.165) is 22.2 Å². The van der Waals surface area contributed by atoms with E-state index in [1.54, 1.807) is 42.3 Å². The predicted molar refractivity (Wildman–Crippen MR) is 77.8 cm³/mol. The summed E-state index contributed by atoms with van der Waals surface area (Å²) in [7, 11) is 0. The lowest BCUT2D eigenvalue weighted by atomic mass is 10.2. The largest absolute Gasteiger partial charge is 0.493 e. The van der Waals surface area contributed by atoms with E-state index < -0.39 is 0 Å². The molecule has 0 saturated carbocycles. The van der Waals surface area contributed by atoms with Crippen LogP contribution in [0, 0.1) is 6.92 Å². The zero-order valence-electron chi connectivity index (χ0n) is 11.1. The average Bonchev–Trinajstić information content (AvgIpc) is 2.89. The van der Waals surface area contributed by atoms with Crippen LogP contribution < -0.4 is 16.0 Å². The first-order chi connectivity index (χ1) is 9.70. The fourth-order valence-corrected chi connectivity index (χ4v) is 2.41. The van der Waals surface area contributed by atoms with Crippen molar-refractivity contribution in [1.82, 2.24) is 5.43 Å². The number of hydrogen-bond donors (Lipinski definition) is 2. The Labute approximate surface area is 121 Å². The van der Waals surface area contributed by atoms with Gasteiger partial charge in [-0.05, 0) is 37.3 Å². The Morgan fingerprint density at radius 2 is 2.10 bits per heavy atom. The highest BCUT2D eigenvalue weighted by Crippen LogP contribution is 2.23. The molecular formula is C14H16N2O3S. The molecule has 20 heavy (non-hydrogen) atoms. The average molecular weight is 292 g/mol. The molecule has 0 aliphatic heterocycles. The summed E-state index contributed by atoms with van der Waals surface area (Å²) in [6.45, 7) is 2.52. The number of nitrogens with two attached hydrogens (primary N) is 1. The molecule has 106 valence electrons. The molecule has 2 aromatic rings. The summed E-state index contributed by atoms with van der Waals surface area (Å²) in [6, 6.07) is 8.78. The quantitative estimate of drug-likeness (QED) is 0.281. The highest BCUT2D eigenvalue weighted by atomic mass is 32.2. The van der Waals surface area contributed by atoms with Gasteiger partial charge >= 0.3 is 0 Å². The van der Waals surface area contributed by atoms with Gasteiger partial charge in [-0.25, -0.2) is 5.84 Å². The third kappa shape index (κ3) is 3.79. The number of nitrogen functional groups attached to an aromatic ring is 1. The number of benzene rings is 1. The number of furan rings is 1. The normalized spacial score (nSPS) is 10.3.